The smallest absolute Gasteiger partial charge is 0.233 e. The second-order valence-electron chi connectivity index (χ2n) is 5.49. The van der Waals surface area contributed by atoms with Gasteiger partial charge in [-0.1, -0.05) is 13.0 Å². The van der Waals surface area contributed by atoms with Crippen molar-refractivity contribution in [1.82, 2.24) is 5.32 Å². The Morgan fingerprint density at radius 2 is 1.96 bits per heavy atom. The average molecular weight is 344 g/mol. The van der Waals surface area contributed by atoms with Gasteiger partial charge in [0.1, 0.15) is 0 Å². The Morgan fingerprint density at radius 1 is 1.21 bits per heavy atom. The molecule has 0 aromatic heterocycles. The number of hydrogen-bond donors (Lipinski definition) is 2. The van der Waals surface area contributed by atoms with Crippen LogP contribution in [0.1, 0.15) is 18.9 Å². The van der Waals surface area contributed by atoms with Crippen molar-refractivity contribution in [2.75, 3.05) is 12.5 Å². The fourth-order valence-electron chi connectivity index (χ4n) is 2.39. The third-order valence-electron chi connectivity index (χ3n) is 3.73. The number of fused-ring (bicyclic) bond motifs is 1. The average Bonchev–Trinajstić information content (AvgIpc) is 3.07. The Hall–Kier alpha value is -2.34. The van der Waals surface area contributed by atoms with Crippen LogP contribution in [-0.4, -0.2) is 18.0 Å². The van der Waals surface area contributed by atoms with E-state index >= 15 is 0 Å². The van der Waals surface area contributed by atoms with E-state index in [1.807, 2.05) is 49.4 Å². The molecule has 1 amide bonds. The predicted octanol–water partition coefficient (Wildman–Crippen LogP) is 3.18. The summed E-state index contributed by atoms with van der Waals surface area (Å²) in [6, 6.07) is 13.3. The van der Waals surface area contributed by atoms with Crippen LogP contribution in [0.5, 0.6) is 11.5 Å². The van der Waals surface area contributed by atoms with Crippen molar-refractivity contribution >= 4 is 23.4 Å². The first-order chi connectivity index (χ1) is 11.7. The SMILES string of the molecule is CCC(Sc1ccc(N)cc1)C(=O)NCc1ccc2c(c1)OCO2. The number of nitrogens with one attached hydrogen (secondary N) is 1. The summed E-state index contributed by atoms with van der Waals surface area (Å²) < 4.78 is 10.6. The van der Waals surface area contributed by atoms with Crippen molar-refractivity contribution < 1.29 is 14.3 Å². The molecule has 3 rings (SSSR count). The zero-order chi connectivity index (χ0) is 16.9. The largest absolute Gasteiger partial charge is 0.454 e. The molecule has 1 heterocycles. The van der Waals surface area contributed by atoms with Gasteiger partial charge in [-0.25, -0.2) is 0 Å². The number of anilines is 1. The summed E-state index contributed by atoms with van der Waals surface area (Å²) in [5, 5.41) is 2.86. The Kier molecular flexibility index (Phi) is 5.15. The Bertz CT molecular complexity index is 719. The van der Waals surface area contributed by atoms with E-state index in [-0.39, 0.29) is 18.0 Å². The molecule has 1 aliphatic heterocycles. The number of thioether (sulfide) groups is 1. The zero-order valence-electron chi connectivity index (χ0n) is 13.5. The molecule has 0 bridgehead atoms. The summed E-state index contributed by atoms with van der Waals surface area (Å²) >= 11 is 1.55. The second-order valence-corrected chi connectivity index (χ2v) is 6.77. The number of nitrogen functional groups attached to an aromatic ring is 1. The van der Waals surface area contributed by atoms with E-state index in [1.54, 1.807) is 11.8 Å². The van der Waals surface area contributed by atoms with Gasteiger partial charge in [-0.2, -0.15) is 0 Å². The van der Waals surface area contributed by atoms with Crippen molar-refractivity contribution in [2.45, 2.75) is 30.0 Å². The first-order valence-corrected chi connectivity index (χ1v) is 8.72. The van der Waals surface area contributed by atoms with Gasteiger partial charge in [0.2, 0.25) is 12.7 Å². The molecule has 2 aromatic carbocycles. The van der Waals surface area contributed by atoms with Crippen LogP contribution < -0.4 is 20.5 Å². The molecule has 0 aliphatic carbocycles. The third kappa shape index (κ3) is 3.94. The standard InChI is InChI=1S/C18H20N2O3S/c1-2-17(24-14-6-4-13(19)5-7-14)18(21)20-10-12-3-8-15-16(9-12)23-11-22-15/h3-9,17H,2,10-11,19H2,1H3,(H,20,21). The minimum absolute atomic E-state index is 0.0250. The van der Waals surface area contributed by atoms with E-state index in [0.717, 1.165) is 34.1 Å². The van der Waals surface area contributed by atoms with E-state index in [0.29, 0.717) is 6.54 Å². The maximum atomic E-state index is 12.4. The number of carbonyl (C=O) groups is 1. The normalized spacial score (nSPS) is 13.5. The minimum atomic E-state index is -0.136. The van der Waals surface area contributed by atoms with Gasteiger partial charge in [0.25, 0.3) is 0 Å². The van der Waals surface area contributed by atoms with Crippen molar-refractivity contribution in [2.24, 2.45) is 0 Å². The highest BCUT2D eigenvalue weighted by atomic mass is 32.2. The number of hydrogen-bond acceptors (Lipinski definition) is 5. The highest BCUT2D eigenvalue weighted by molar-refractivity contribution is 8.00. The zero-order valence-corrected chi connectivity index (χ0v) is 14.3. The molecular weight excluding hydrogens is 324 g/mol. The van der Waals surface area contributed by atoms with Crippen molar-refractivity contribution in [3.8, 4) is 11.5 Å². The molecule has 5 nitrogen and oxygen atoms in total. The van der Waals surface area contributed by atoms with Crippen molar-refractivity contribution in [3.63, 3.8) is 0 Å². The second kappa shape index (κ2) is 7.49. The third-order valence-corrected chi connectivity index (χ3v) is 5.10. The molecule has 3 N–H and O–H groups in total. The Balaban J connectivity index is 1.57. The molecule has 126 valence electrons. The lowest BCUT2D eigenvalue weighted by molar-refractivity contribution is -0.120. The topological polar surface area (TPSA) is 73.6 Å². The van der Waals surface area contributed by atoms with Gasteiger partial charge in [-0.05, 0) is 48.4 Å². The number of nitrogens with two attached hydrogens (primary N) is 1. The molecule has 2 aromatic rings. The Labute approximate surface area is 145 Å². The van der Waals surface area contributed by atoms with E-state index in [1.165, 1.54) is 0 Å². The van der Waals surface area contributed by atoms with E-state index < -0.39 is 0 Å². The molecule has 1 unspecified atom stereocenters. The van der Waals surface area contributed by atoms with Gasteiger partial charge >= 0.3 is 0 Å². The van der Waals surface area contributed by atoms with E-state index in [4.69, 9.17) is 15.2 Å². The minimum Gasteiger partial charge on any atom is -0.454 e. The molecule has 0 radical (unpaired) electrons. The number of benzene rings is 2. The van der Waals surface area contributed by atoms with Crippen LogP contribution in [0.25, 0.3) is 0 Å². The first kappa shape index (κ1) is 16.5. The van der Waals surface area contributed by atoms with Crippen molar-refractivity contribution in [1.29, 1.82) is 0 Å². The van der Waals surface area contributed by atoms with E-state index in [2.05, 4.69) is 5.32 Å². The molecular formula is C18H20N2O3S. The number of carbonyl (C=O) groups excluding carboxylic acids is 1. The fourth-order valence-corrected chi connectivity index (χ4v) is 3.37. The molecule has 24 heavy (non-hydrogen) atoms. The molecule has 1 aliphatic rings. The lowest BCUT2D eigenvalue weighted by Crippen LogP contribution is -2.31. The summed E-state index contributed by atoms with van der Waals surface area (Å²) in [7, 11) is 0. The molecule has 0 spiro atoms. The molecule has 6 heteroatoms. The number of amides is 1. The van der Waals surface area contributed by atoms with Crippen LogP contribution in [-0.2, 0) is 11.3 Å². The van der Waals surface area contributed by atoms with E-state index in [9.17, 15) is 4.79 Å². The van der Waals surface area contributed by atoms with Crippen LogP contribution in [0.3, 0.4) is 0 Å². The van der Waals surface area contributed by atoms with Gasteiger partial charge in [-0.15, -0.1) is 11.8 Å². The predicted molar refractivity (Wildman–Crippen MR) is 95.2 cm³/mol. The molecule has 0 saturated heterocycles. The van der Waals surface area contributed by atoms with Gasteiger partial charge in [0.15, 0.2) is 11.5 Å². The van der Waals surface area contributed by atoms with Gasteiger partial charge in [0, 0.05) is 17.1 Å². The van der Waals surface area contributed by atoms with Gasteiger partial charge in [-0.3, -0.25) is 4.79 Å². The maximum Gasteiger partial charge on any atom is 0.233 e. The summed E-state index contributed by atoms with van der Waals surface area (Å²) in [4.78, 5) is 13.5. The van der Waals surface area contributed by atoms with Crippen LogP contribution in [0, 0.1) is 0 Å². The number of rotatable bonds is 6. The quantitative estimate of drug-likeness (QED) is 0.622. The molecule has 0 saturated carbocycles. The van der Waals surface area contributed by atoms with Crippen LogP contribution in [0.4, 0.5) is 5.69 Å². The van der Waals surface area contributed by atoms with Gasteiger partial charge < -0.3 is 20.5 Å². The molecule has 0 fully saturated rings. The molecule has 1 atom stereocenters. The van der Waals surface area contributed by atoms with Crippen LogP contribution in [0.2, 0.25) is 0 Å². The summed E-state index contributed by atoms with van der Waals surface area (Å²) in [6.45, 7) is 2.73. The summed E-state index contributed by atoms with van der Waals surface area (Å²) in [6.07, 6.45) is 0.752. The monoisotopic (exact) mass is 344 g/mol. The number of ether oxygens (including phenoxy) is 2. The highest BCUT2D eigenvalue weighted by Gasteiger charge is 2.18. The lowest BCUT2D eigenvalue weighted by atomic mass is 10.2. The maximum absolute atomic E-state index is 12.4. The summed E-state index contributed by atoms with van der Waals surface area (Å²) in [5.74, 6) is 1.50. The lowest BCUT2D eigenvalue weighted by Gasteiger charge is -2.15. The summed E-state index contributed by atoms with van der Waals surface area (Å²) in [5.41, 5.74) is 7.40. The highest BCUT2D eigenvalue weighted by Crippen LogP contribution is 2.32. The van der Waals surface area contributed by atoms with Gasteiger partial charge in [0.05, 0.1) is 5.25 Å². The fraction of sp³-hybridized carbons (Fsp3) is 0.278. The van der Waals surface area contributed by atoms with Crippen molar-refractivity contribution in [3.05, 3.63) is 48.0 Å². The van der Waals surface area contributed by atoms with Crippen LogP contribution in [0.15, 0.2) is 47.4 Å². The van der Waals surface area contributed by atoms with Crippen LogP contribution >= 0.6 is 11.8 Å². The first-order valence-electron chi connectivity index (χ1n) is 7.84. The Morgan fingerprint density at radius 3 is 2.71 bits per heavy atom.